The van der Waals surface area contributed by atoms with Crippen LogP contribution in [0.15, 0.2) is 12.2 Å². The predicted molar refractivity (Wildman–Crippen MR) is 69.6 cm³/mol. The Kier molecular flexibility index (Phi) is 7.01. The molecular weight excluding hydrogens is 307 g/mol. The van der Waals surface area contributed by atoms with Crippen LogP contribution in [0.3, 0.4) is 0 Å². The fourth-order valence-corrected chi connectivity index (χ4v) is 1.81. The first-order valence-corrected chi connectivity index (χ1v) is 6.62. The van der Waals surface area contributed by atoms with Crippen LogP contribution in [-0.2, 0) is 16.0 Å². The Morgan fingerprint density at radius 2 is 1.45 bits per heavy atom. The van der Waals surface area contributed by atoms with Gasteiger partial charge in [-0.1, -0.05) is 12.2 Å². The number of esters is 1. The van der Waals surface area contributed by atoms with Crippen molar-refractivity contribution < 1.29 is 31.5 Å². The molecule has 0 heterocycles. The molecule has 0 aliphatic rings. The molecular formula is C15H15F5O2. The summed E-state index contributed by atoms with van der Waals surface area (Å²) < 4.78 is 70.0. The molecule has 0 aliphatic heterocycles. The number of ether oxygens (including phenoxy) is 1. The lowest BCUT2D eigenvalue weighted by molar-refractivity contribution is -0.139. The van der Waals surface area contributed by atoms with Crippen molar-refractivity contribution in [1.82, 2.24) is 0 Å². The quantitative estimate of drug-likeness (QED) is 0.188. The van der Waals surface area contributed by atoms with Crippen molar-refractivity contribution in [2.24, 2.45) is 0 Å². The Morgan fingerprint density at radius 3 is 2.00 bits per heavy atom. The Labute approximate surface area is 124 Å². The lowest BCUT2D eigenvalue weighted by atomic mass is 10.0. The second-order valence-electron chi connectivity index (χ2n) is 4.55. The van der Waals surface area contributed by atoms with E-state index in [2.05, 4.69) is 4.74 Å². The third-order valence-corrected chi connectivity index (χ3v) is 3.03. The van der Waals surface area contributed by atoms with Gasteiger partial charge in [-0.25, -0.2) is 22.0 Å². The summed E-state index contributed by atoms with van der Waals surface area (Å²) in [5.74, 6) is -9.95. The van der Waals surface area contributed by atoms with Gasteiger partial charge in [0.05, 0.1) is 13.5 Å². The summed E-state index contributed by atoms with van der Waals surface area (Å²) in [5.41, 5.74) is -0.796. The second-order valence-corrected chi connectivity index (χ2v) is 4.55. The van der Waals surface area contributed by atoms with E-state index in [1.807, 2.05) is 0 Å². The number of halogens is 5. The van der Waals surface area contributed by atoms with Gasteiger partial charge < -0.3 is 4.74 Å². The van der Waals surface area contributed by atoms with Crippen molar-refractivity contribution in [2.75, 3.05) is 7.11 Å². The summed E-state index contributed by atoms with van der Waals surface area (Å²) >= 11 is 0. The number of allylic oxidation sites excluding steroid dienone is 1. The van der Waals surface area contributed by atoms with Gasteiger partial charge in [0, 0.05) is 5.56 Å². The maximum absolute atomic E-state index is 13.4. The van der Waals surface area contributed by atoms with Gasteiger partial charge in [0.1, 0.15) is 0 Å². The molecule has 0 radical (unpaired) electrons. The molecule has 1 rings (SSSR count). The van der Waals surface area contributed by atoms with Gasteiger partial charge in [0.25, 0.3) is 0 Å². The molecule has 0 atom stereocenters. The lowest BCUT2D eigenvalue weighted by Crippen LogP contribution is -2.07. The summed E-state index contributed by atoms with van der Waals surface area (Å²) in [4.78, 5) is 10.8. The molecule has 0 aliphatic carbocycles. The SMILES string of the molecule is COC(=O)C/C=C/CCCCc1c(F)c(F)c(F)c(F)c1F. The summed E-state index contributed by atoms with van der Waals surface area (Å²) in [5, 5.41) is 0. The Morgan fingerprint density at radius 1 is 0.909 bits per heavy atom. The topological polar surface area (TPSA) is 26.3 Å². The van der Waals surface area contributed by atoms with Gasteiger partial charge in [-0.15, -0.1) is 0 Å². The third kappa shape index (κ3) is 4.54. The average molecular weight is 322 g/mol. The molecule has 1 aromatic rings. The number of hydrogen-bond acceptors (Lipinski definition) is 2. The van der Waals surface area contributed by atoms with Gasteiger partial charge in [0.15, 0.2) is 23.3 Å². The Hall–Kier alpha value is -1.92. The first-order valence-electron chi connectivity index (χ1n) is 6.62. The van der Waals surface area contributed by atoms with Crippen LogP contribution in [0.2, 0.25) is 0 Å². The van der Waals surface area contributed by atoms with Crippen molar-refractivity contribution in [3.05, 3.63) is 46.8 Å². The highest BCUT2D eigenvalue weighted by Gasteiger charge is 2.24. The number of methoxy groups -OCH3 is 1. The van der Waals surface area contributed by atoms with Crippen molar-refractivity contribution in [3.8, 4) is 0 Å². The van der Waals surface area contributed by atoms with Crippen LogP contribution in [0.4, 0.5) is 22.0 Å². The largest absolute Gasteiger partial charge is 0.469 e. The van der Waals surface area contributed by atoms with Gasteiger partial charge in [-0.3, -0.25) is 4.79 Å². The van der Waals surface area contributed by atoms with Gasteiger partial charge in [0.2, 0.25) is 5.82 Å². The minimum atomic E-state index is -2.15. The zero-order valence-electron chi connectivity index (χ0n) is 11.9. The zero-order chi connectivity index (χ0) is 16.7. The number of carbonyl (C=O) groups excluding carboxylic acids is 1. The van der Waals surface area contributed by atoms with Gasteiger partial charge in [-0.05, 0) is 25.7 Å². The standard InChI is InChI=1S/C15H15F5O2/c1-22-10(21)8-6-4-2-3-5-7-9-11(16)13(18)15(20)14(19)12(9)17/h4,6H,2-3,5,7-8H2,1H3/b6-4+. The molecule has 1 aromatic carbocycles. The molecule has 0 spiro atoms. The van der Waals surface area contributed by atoms with Crippen molar-refractivity contribution in [3.63, 3.8) is 0 Å². The van der Waals surface area contributed by atoms with Crippen molar-refractivity contribution in [1.29, 1.82) is 0 Å². The normalized spacial score (nSPS) is 11.2. The van der Waals surface area contributed by atoms with Crippen LogP contribution in [0.1, 0.15) is 31.2 Å². The molecule has 0 amide bonds. The van der Waals surface area contributed by atoms with Crippen LogP contribution >= 0.6 is 0 Å². The maximum atomic E-state index is 13.4. The molecule has 0 saturated heterocycles. The van der Waals surface area contributed by atoms with E-state index < -0.39 is 40.6 Å². The first-order chi connectivity index (χ1) is 10.4. The number of unbranched alkanes of at least 4 members (excludes halogenated alkanes) is 2. The molecule has 0 aromatic heterocycles. The van der Waals surface area contributed by atoms with E-state index in [0.29, 0.717) is 12.8 Å². The minimum Gasteiger partial charge on any atom is -0.469 e. The molecule has 22 heavy (non-hydrogen) atoms. The van der Waals surface area contributed by atoms with Crippen molar-refractivity contribution >= 4 is 5.97 Å². The predicted octanol–water partition coefficient (Wildman–Crippen LogP) is 4.21. The Balaban J connectivity index is 2.51. The van der Waals surface area contributed by atoms with Crippen molar-refractivity contribution in [2.45, 2.75) is 32.1 Å². The third-order valence-electron chi connectivity index (χ3n) is 3.03. The smallest absolute Gasteiger partial charge is 0.309 e. The van der Waals surface area contributed by atoms with E-state index in [4.69, 9.17) is 0 Å². The van der Waals surface area contributed by atoms with E-state index in [1.165, 1.54) is 7.11 Å². The van der Waals surface area contributed by atoms with Crippen LogP contribution in [0.25, 0.3) is 0 Å². The number of benzene rings is 1. The molecule has 0 N–H and O–H groups in total. The molecule has 2 nitrogen and oxygen atoms in total. The van der Waals surface area contributed by atoms with Crippen LogP contribution in [-0.4, -0.2) is 13.1 Å². The van der Waals surface area contributed by atoms with Crippen LogP contribution < -0.4 is 0 Å². The molecule has 122 valence electrons. The summed E-state index contributed by atoms with van der Waals surface area (Å²) in [7, 11) is 1.26. The molecule has 0 saturated carbocycles. The fourth-order valence-electron chi connectivity index (χ4n) is 1.81. The summed E-state index contributed by atoms with van der Waals surface area (Å²) in [6.45, 7) is 0. The highest BCUT2D eigenvalue weighted by atomic mass is 19.2. The van der Waals surface area contributed by atoms with Gasteiger partial charge >= 0.3 is 5.97 Å². The Bertz CT molecular complexity index is 541. The molecule has 7 heteroatoms. The number of rotatable bonds is 7. The van der Waals surface area contributed by atoms with E-state index in [1.54, 1.807) is 12.2 Å². The zero-order valence-corrected chi connectivity index (χ0v) is 11.9. The van der Waals surface area contributed by atoms with E-state index in [-0.39, 0.29) is 19.3 Å². The molecule has 0 fully saturated rings. The number of carbonyl (C=O) groups is 1. The van der Waals surface area contributed by atoms with E-state index in [0.717, 1.165) is 0 Å². The lowest BCUT2D eigenvalue weighted by Gasteiger charge is -2.07. The maximum Gasteiger partial charge on any atom is 0.309 e. The fraction of sp³-hybridized carbons (Fsp3) is 0.400. The molecule has 0 unspecified atom stereocenters. The van der Waals surface area contributed by atoms with E-state index >= 15 is 0 Å². The van der Waals surface area contributed by atoms with E-state index in [9.17, 15) is 26.7 Å². The first kappa shape index (κ1) is 18.1. The second kappa shape index (κ2) is 8.51. The average Bonchev–Trinajstić information content (AvgIpc) is 2.52. The summed E-state index contributed by atoms with van der Waals surface area (Å²) in [6, 6.07) is 0. The van der Waals surface area contributed by atoms with Gasteiger partial charge in [-0.2, -0.15) is 0 Å². The number of hydrogen-bond donors (Lipinski definition) is 0. The summed E-state index contributed by atoms with van der Waals surface area (Å²) in [6.07, 6.45) is 4.40. The van der Waals surface area contributed by atoms with Crippen LogP contribution in [0.5, 0.6) is 0 Å². The highest BCUT2D eigenvalue weighted by Crippen LogP contribution is 2.24. The minimum absolute atomic E-state index is 0.119. The highest BCUT2D eigenvalue weighted by molar-refractivity contribution is 5.70. The molecule has 0 bridgehead atoms. The monoisotopic (exact) mass is 322 g/mol. The van der Waals surface area contributed by atoms with Crippen LogP contribution in [0, 0.1) is 29.1 Å².